The van der Waals surface area contributed by atoms with Gasteiger partial charge in [0.15, 0.2) is 0 Å². The second-order valence-electron chi connectivity index (χ2n) is 5.50. The fourth-order valence-corrected chi connectivity index (χ4v) is 2.56. The Kier molecular flexibility index (Phi) is 8.26. The predicted octanol–water partition coefficient (Wildman–Crippen LogP) is 1.09. The van der Waals surface area contributed by atoms with E-state index in [9.17, 15) is 18.0 Å². The van der Waals surface area contributed by atoms with Crippen molar-refractivity contribution in [1.29, 1.82) is 0 Å². The van der Waals surface area contributed by atoms with E-state index in [2.05, 4.69) is 9.46 Å². The van der Waals surface area contributed by atoms with Gasteiger partial charge in [-0.1, -0.05) is 13.8 Å². The van der Waals surface area contributed by atoms with Crippen LogP contribution in [0.15, 0.2) is 0 Å². The number of carbonyl (C=O) groups is 2. The molecule has 0 saturated heterocycles. The molecule has 0 radical (unpaired) electrons. The molecule has 8 nitrogen and oxygen atoms in total. The zero-order valence-electron chi connectivity index (χ0n) is 12.8. The number of hydrogen-bond acceptors (Lipinski definition) is 5. The molecule has 0 heterocycles. The van der Waals surface area contributed by atoms with E-state index >= 15 is 0 Å². The molecule has 0 aliphatic carbocycles. The largest absolute Gasteiger partial charge is 0.481 e. The molecule has 0 aromatic heterocycles. The number of aliphatic carboxylic acids is 1. The van der Waals surface area contributed by atoms with Crippen LogP contribution in [0, 0.1) is 11.8 Å². The van der Waals surface area contributed by atoms with Crippen LogP contribution in [0.1, 0.15) is 40.5 Å². The van der Waals surface area contributed by atoms with Gasteiger partial charge in [-0.25, -0.2) is 9.52 Å². The molecular formula is C12H24N2O6S. The molecule has 0 aliphatic rings. The van der Waals surface area contributed by atoms with Crippen molar-refractivity contribution >= 4 is 22.3 Å². The number of nitrogens with one attached hydrogen (secondary N) is 2. The van der Waals surface area contributed by atoms with Crippen molar-refractivity contribution in [1.82, 2.24) is 9.44 Å². The maximum Gasteiger partial charge on any atom is 0.422 e. The standard InChI is InChI=1S/C12H24N2O6S/c1-8(2)5-10(6-11(15)16)7-13-21(18,19)14-12(17)20-9(3)4/h8-10,13H,5-7H2,1-4H3,(H,14,17)(H,15,16). The average Bonchev–Trinajstić information content (AvgIpc) is 2.22. The normalized spacial score (nSPS) is 13.2. The average molecular weight is 324 g/mol. The smallest absolute Gasteiger partial charge is 0.422 e. The second-order valence-corrected chi connectivity index (χ2v) is 7.00. The third kappa shape index (κ3) is 11.0. The van der Waals surface area contributed by atoms with Gasteiger partial charge in [0.1, 0.15) is 0 Å². The van der Waals surface area contributed by atoms with Crippen molar-refractivity contribution in [3.63, 3.8) is 0 Å². The van der Waals surface area contributed by atoms with Crippen LogP contribution in [0.2, 0.25) is 0 Å². The first-order chi connectivity index (χ1) is 9.51. The fourth-order valence-electron chi connectivity index (χ4n) is 1.76. The van der Waals surface area contributed by atoms with Crippen LogP contribution in [0.3, 0.4) is 0 Å². The lowest BCUT2D eigenvalue weighted by molar-refractivity contribution is -0.138. The van der Waals surface area contributed by atoms with Gasteiger partial charge in [-0.15, -0.1) is 0 Å². The van der Waals surface area contributed by atoms with E-state index in [0.29, 0.717) is 6.42 Å². The first-order valence-electron chi connectivity index (χ1n) is 6.71. The third-order valence-electron chi connectivity index (χ3n) is 2.39. The Labute approximate surface area is 125 Å². The molecule has 0 bridgehead atoms. The Morgan fingerprint density at radius 2 is 1.76 bits per heavy atom. The van der Waals surface area contributed by atoms with E-state index in [4.69, 9.17) is 5.11 Å². The highest BCUT2D eigenvalue weighted by Crippen LogP contribution is 2.14. The van der Waals surface area contributed by atoms with E-state index < -0.39 is 28.4 Å². The molecular weight excluding hydrogens is 300 g/mol. The Morgan fingerprint density at radius 3 is 2.19 bits per heavy atom. The van der Waals surface area contributed by atoms with Gasteiger partial charge in [0, 0.05) is 13.0 Å². The summed E-state index contributed by atoms with van der Waals surface area (Å²) in [6.07, 6.45) is -1.10. The highest BCUT2D eigenvalue weighted by molar-refractivity contribution is 7.88. The highest BCUT2D eigenvalue weighted by Gasteiger charge is 2.20. The van der Waals surface area contributed by atoms with Crippen molar-refractivity contribution in [2.75, 3.05) is 6.54 Å². The van der Waals surface area contributed by atoms with Crippen LogP contribution in [-0.4, -0.2) is 38.2 Å². The van der Waals surface area contributed by atoms with Crippen LogP contribution < -0.4 is 9.44 Å². The van der Waals surface area contributed by atoms with Gasteiger partial charge in [0.25, 0.3) is 0 Å². The monoisotopic (exact) mass is 324 g/mol. The number of carboxylic acids is 1. The number of carbonyl (C=O) groups excluding carboxylic acids is 1. The Balaban J connectivity index is 4.48. The van der Waals surface area contributed by atoms with Crippen molar-refractivity contribution < 1.29 is 27.9 Å². The maximum absolute atomic E-state index is 11.6. The Morgan fingerprint density at radius 1 is 1.19 bits per heavy atom. The maximum atomic E-state index is 11.6. The summed E-state index contributed by atoms with van der Waals surface area (Å²) in [6.45, 7) is 6.95. The predicted molar refractivity (Wildman–Crippen MR) is 76.9 cm³/mol. The molecule has 0 aromatic rings. The van der Waals surface area contributed by atoms with Gasteiger partial charge < -0.3 is 9.84 Å². The highest BCUT2D eigenvalue weighted by atomic mass is 32.2. The zero-order chi connectivity index (χ0) is 16.6. The summed E-state index contributed by atoms with van der Waals surface area (Å²) in [7, 11) is -4.06. The van der Waals surface area contributed by atoms with E-state index in [1.54, 1.807) is 18.6 Å². The summed E-state index contributed by atoms with van der Waals surface area (Å²) >= 11 is 0. The van der Waals surface area contributed by atoms with Gasteiger partial charge in [-0.05, 0) is 32.1 Å². The van der Waals surface area contributed by atoms with Crippen LogP contribution in [-0.2, 0) is 19.7 Å². The molecule has 9 heteroatoms. The topological polar surface area (TPSA) is 122 Å². The van der Waals surface area contributed by atoms with Crippen molar-refractivity contribution in [2.45, 2.75) is 46.6 Å². The summed E-state index contributed by atoms with van der Waals surface area (Å²) in [5, 5.41) is 8.80. The fraction of sp³-hybridized carbons (Fsp3) is 0.833. The molecule has 0 aliphatic heterocycles. The van der Waals surface area contributed by atoms with Gasteiger partial charge in [-0.2, -0.15) is 13.1 Å². The summed E-state index contributed by atoms with van der Waals surface area (Å²) in [5.41, 5.74) is 0. The van der Waals surface area contributed by atoms with Crippen LogP contribution in [0.5, 0.6) is 0 Å². The van der Waals surface area contributed by atoms with Crippen molar-refractivity contribution in [2.24, 2.45) is 11.8 Å². The third-order valence-corrected chi connectivity index (χ3v) is 3.37. The lowest BCUT2D eigenvalue weighted by atomic mass is 9.94. The molecule has 0 saturated carbocycles. The lowest BCUT2D eigenvalue weighted by Crippen LogP contribution is -2.43. The summed E-state index contributed by atoms with van der Waals surface area (Å²) in [5.74, 6) is -1.11. The number of amides is 1. The zero-order valence-corrected chi connectivity index (χ0v) is 13.6. The first kappa shape index (κ1) is 19.7. The Bertz CT molecular complexity index is 447. The number of rotatable bonds is 9. The van der Waals surface area contributed by atoms with Crippen LogP contribution in [0.25, 0.3) is 0 Å². The summed E-state index contributed by atoms with van der Waals surface area (Å²) in [4.78, 5) is 22.0. The molecule has 124 valence electrons. The first-order valence-corrected chi connectivity index (χ1v) is 8.20. The molecule has 0 rings (SSSR count). The Hall–Kier alpha value is -1.35. The molecule has 1 atom stereocenters. The molecule has 0 spiro atoms. The number of hydrogen-bond donors (Lipinski definition) is 3. The van der Waals surface area contributed by atoms with Gasteiger partial charge in [0.2, 0.25) is 0 Å². The minimum absolute atomic E-state index is 0.0607. The quantitative estimate of drug-likeness (QED) is 0.583. The van der Waals surface area contributed by atoms with Crippen LogP contribution in [0.4, 0.5) is 4.79 Å². The van der Waals surface area contributed by atoms with Crippen molar-refractivity contribution in [3.8, 4) is 0 Å². The molecule has 1 unspecified atom stereocenters. The molecule has 21 heavy (non-hydrogen) atoms. The van der Waals surface area contributed by atoms with Crippen molar-refractivity contribution in [3.05, 3.63) is 0 Å². The number of ether oxygens (including phenoxy) is 1. The van der Waals surface area contributed by atoms with Gasteiger partial charge >= 0.3 is 22.3 Å². The molecule has 0 aromatic carbocycles. The molecule has 1 amide bonds. The lowest BCUT2D eigenvalue weighted by Gasteiger charge is -2.18. The van der Waals surface area contributed by atoms with Crippen LogP contribution >= 0.6 is 0 Å². The van der Waals surface area contributed by atoms with E-state index in [-0.39, 0.29) is 24.8 Å². The van der Waals surface area contributed by atoms with E-state index in [1.807, 2.05) is 13.8 Å². The minimum Gasteiger partial charge on any atom is -0.481 e. The molecule has 3 N–H and O–H groups in total. The summed E-state index contributed by atoms with van der Waals surface area (Å²) in [6, 6.07) is 0. The van der Waals surface area contributed by atoms with E-state index in [1.165, 1.54) is 0 Å². The summed E-state index contributed by atoms with van der Waals surface area (Å²) < 4.78 is 31.8. The second kappa shape index (κ2) is 8.83. The minimum atomic E-state index is -4.06. The number of carboxylic acid groups (broad SMARTS) is 1. The van der Waals surface area contributed by atoms with E-state index in [0.717, 1.165) is 0 Å². The molecule has 0 fully saturated rings. The van der Waals surface area contributed by atoms with Gasteiger partial charge in [0.05, 0.1) is 6.10 Å². The SMILES string of the molecule is CC(C)CC(CNS(=O)(=O)NC(=O)OC(C)C)CC(=O)O. The van der Waals surface area contributed by atoms with Gasteiger partial charge in [-0.3, -0.25) is 4.79 Å².